The first-order chi connectivity index (χ1) is 35.9. The number of ether oxygens (including phenoxy) is 3. The first-order valence-corrected chi connectivity index (χ1v) is 26.5. The summed E-state index contributed by atoms with van der Waals surface area (Å²) in [4.78, 5) is 71.0. The van der Waals surface area contributed by atoms with Gasteiger partial charge in [-0.15, -0.1) is 11.3 Å². The number of amides is 4. The van der Waals surface area contributed by atoms with E-state index in [0.717, 1.165) is 33.8 Å². The van der Waals surface area contributed by atoms with Crippen molar-refractivity contribution >= 4 is 40.8 Å². The number of aliphatic hydroxyl groups excluding tert-OH is 1. The molecule has 0 radical (unpaired) electrons. The van der Waals surface area contributed by atoms with E-state index in [1.807, 2.05) is 85.2 Å². The van der Waals surface area contributed by atoms with Crippen molar-refractivity contribution < 1.29 is 51.7 Å². The van der Waals surface area contributed by atoms with Crippen LogP contribution in [-0.2, 0) is 30.0 Å². The number of halogens is 3. The predicted octanol–water partition coefficient (Wildman–Crippen LogP) is 6.15. The molecule has 17 nitrogen and oxygen atoms in total. The fraction of sp³-hybridized carbons (Fsp3) is 0.545. The first kappa shape index (κ1) is 56.0. The number of β-amino-alcohol motifs (C(OH)–C–C–N with tert-alkyl or cyclic N) is 1. The standard InChI is InChI=1S/C55H68F3N9O8S/c1-32-45(76-31-61-32)34-11-9-33(10-12-34)44(37-28-74-29-37)63-48(71)41-23-38(68)27-67(41)49(72)46(52(2,3)4)62-43(69)30-73-22-21-65-17-19-66(20-18-65)42-16-14-36(26-60-42)47(70)64-50-53(5,6)51(54(50,7)8)75-39-15-13-35(25-59)40(24-39)55(56,57)58/h9-16,24,26,31,37-38,41,44,46,50-51,68H,17-23,27-30H2,1-8H3,(H,62,69)(H,63,71)(H,64,70)/t38-,41+,44?,46?,50-,51-/m1/s1. The maximum atomic E-state index is 14.3. The smallest absolute Gasteiger partial charge is 0.417 e. The minimum absolute atomic E-state index is 0.0103. The van der Waals surface area contributed by atoms with Crippen LogP contribution in [-0.4, -0.2) is 145 Å². The quantitative estimate of drug-likeness (QED) is 0.0876. The number of rotatable bonds is 17. The average Bonchev–Trinajstić information content (AvgIpc) is 3.98. The Bertz CT molecular complexity index is 2770. The van der Waals surface area contributed by atoms with Crippen LogP contribution in [0.4, 0.5) is 19.0 Å². The van der Waals surface area contributed by atoms with E-state index >= 15 is 0 Å². The van der Waals surface area contributed by atoms with Gasteiger partial charge in [0, 0.05) is 74.7 Å². The molecule has 76 heavy (non-hydrogen) atoms. The van der Waals surface area contributed by atoms with Crippen molar-refractivity contribution in [1.82, 2.24) is 35.7 Å². The monoisotopic (exact) mass is 1070 g/mol. The number of nitrogens with one attached hydrogen (secondary N) is 3. The summed E-state index contributed by atoms with van der Waals surface area (Å²) in [5.74, 6) is -0.936. The molecule has 4 N–H and O–H groups in total. The van der Waals surface area contributed by atoms with Crippen molar-refractivity contribution in [2.24, 2.45) is 22.2 Å². The lowest BCUT2D eigenvalue weighted by atomic mass is 9.49. The number of carbonyl (C=O) groups excluding carboxylic acids is 4. The number of alkyl halides is 3. The van der Waals surface area contributed by atoms with E-state index in [2.05, 4.69) is 35.7 Å². The van der Waals surface area contributed by atoms with E-state index in [9.17, 15) is 42.7 Å². The van der Waals surface area contributed by atoms with Crippen molar-refractivity contribution in [3.63, 3.8) is 0 Å². The number of likely N-dealkylation sites (tertiary alicyclic amines) is 1. The van der Waals surface area contributed by atoms with Crippen molar-refractivity contribution in [1.29, 1.82) is 5.26 Å². The summed E-state index contributed by atoms with van der Waals surface area (Å²) < 4.78 is 58.4. The van der Waals surface area contributed by atoms with Gasteiger partial charge in [-0.2, -0.15) is 18.4 Å². The van der Waals surface area contributed by atoms with Crippen LogP contribution < -0.4 is 25.6 Å². The summed E-state index contributed by atoms with van der Waals surface area (Å²) in [6.45, 7) is 19.2. The number of anilines is 1. The number of hydrogen-bond donors (Lipinski definition) is 4. The molecule has 1 aliphatic carbocycles. The topological polar surface area (TPSA) is 212 Å². The summed E-state index contributed by atoms with van der Waals surface area (Å²) in [6.07, 6.45) is -4.61. The highest BCUT2D eigenvalue weighted by Gasteiger charge is 2.64. The Kier molecular flexibility index (Phi) is 16.5. The fourth-order valence-electron chi connectivity index (χ4n) is 11.3. The Hall–Kier alpha value is -6.18. The molecule has 4 amide bonds. The van der Waals surface area contributed by atoms with Crippen LogP contribution in [0, 0.1) is 40.4 Å². The molecule has 2 aromatic carbocycles. The highest BCUT2D eigenvalue weighted by Crippen LogP contribution is 2.56. The second kappa shape index (κ2) is 22.4. The zero-order valence-corrected chi connectivity index (χ0v) is 45.0. The molecule has 4 aliphatic rings. The zero-order chi connectivity index (χ0) is 54.9. The van der Waals surface area contributed by atoms with E-state index in [1.54, 1.807) is 29.5 Å². The highest BCUT2D eigenvalue weighted by atomic mass is 32.1. The molecule has 2 aromatic heterocycles. The SMILES string of the molecule is Cc1ncsc1-c1ccc(C(NC(=O)[C@@H]2C[C@@H](O)CN2C(=O)C(NC(=O)COCCN2CCN(c3ccc(C(=O)N[C@H]4C(C)(C)[C@H](Oc5ccc(C#N)c(C(F)(F)F)c5)C4(C)C)cn3)CC2)C(C)(C)C)C2COC2)cc1. The van der Waals surface area contributed by atoms with Crippen molar-refractivity contribution in [3.05, 3.63) is 94.3 Å². The van der Waals surface area contributed by atoms with Gasteiger partial charge in [0.05, 0.1) is 70.8 Å². The summed E-state index contributed by atoms with van der Waals surface area (Å²) in [5, 5.41) is 29.1. The van der Waals surface area contributed by atoms with Crippen molar-refractivity contribution in [3.8, 4) is 22.3 Å². The third-order valence-electron chi connectivity index (χ3n) is 15.3. The van der Waals surface area contributed by atoms with Crippen LogP contribution in [0.2, 0.25) is 0 Å². The molecule has 4 aromatic rings. The molecule has 0 spiro atoms. The maximum absolute atomic E-state index is 14.3. The van der Waals surface area contributed by atoms with Gasteiger partial charge in [0.2, 0.25) is 17.7 Å². The number of aliphatic hydroxyl groups is 1. The number of pyridine rings is 1. The lowest BCUT2D eigenvalue weighted by molar-refractivity contribution is -0.164. The number of benzene rings is 2. The summed E-state index contributed by atoms with van der Waals surface area (Å²) in [6, 6.07) is 13.7. The lowest BCUT2D eigenvalue weighted by Gasteiger charge is -2.63. The van der Waals surface area contributed by atoms with Gasteiger partial charge in [0.25, 0.3) is 5.91 Å². The molecule has 8 rings (SSSR count). The predicted molar refractivity (Wildman–Crippen MR) is 278 cm³/mol. The van der Waals surface area contributed by atoms with E-state index in [0.29, 0.717) is 57.3 Å². The number of thiazole rings is 1. The zero-order valence-electron chi connectivity index (χ0n) is 44.2. The number of hydrogen-bond acceptors (Lipinski definition) is 14. The number of aryl methyl sites for hydroxylation is 1. The number of nitrogens with zero attached hydrogens (tertiary/aromatic N) is 6. The minimum Gasteiger partial charge on any atom is -0.489 e. The molecule has 0 bridgehead atoms. The number of piperazine rings is 1. The Morgan fingerprint density at radius 3 is 2.24 bits per heavy atom. The van der Waals surface area contributed by atoms with Crippen LogP contribution >= 0.6 is 11.3 Å². The first-order valence-electron chi connectivity index (χ1n) is 25.6. The van der Waals surface area contributed by atoms with E-state index in [4.69, 9.17) is 14.2 Å². The lowest BCUT2D eigenvalue weighted by Crippen LogP contribution is -2.74. The van der Waals surface area contributed by atoms with Gasteiger partial charge in [-0.05, 0) is 53.8 Å². The van der Waals surface area contributed by atoms with Crippen LogP contribution in [0.1, 0.15) is 93.7 Å². The second-order valence-corrected chi connectivity index (χ2v) is 23.4. The number of aromatic nitrogens is 2. The average molecular weight is 1070 g/mol. The highest BCUT2D eigenvalue weighted by molar-refractivity contribution is 7.13. The van der Waals surface area contributed by atoms with Crippen molar-refractivity contribution in [2.45, 2.75) is 104 Å². The maximum Gasteiger partial charge on any atom is 0.417 e. The number of carbonyl (C=O) groups is 4. The Balaban J connectivity index is 0.776. The van der Waals surface area contributed by atoms with Gasteiger partial charge in [0.1, 0.15) is 36.4 Å². The Morgan fingerprint density at radius 2 is 1.66 bits per heavy atom. The third kappa shape index (κ3) is 12.2. The molecule has 3 saturated heterocycles. The molecule has 21 heteroatoms. The van der Waals surface area contributed by atoms with Crippen LogP contribution in [0.15, 0.2) is 66.3 Å². The van der Waals surface area contributed by atoms with E-state index < -0.39 is 69.7 Å². The Labute approximate surface area is 445 Å². The molecule has 5 heterocycles. The van der Waals surface area contributed by atoms with Crippen LogP contribution in [0.25, 0.3) is 10.4 Å². The van der Waals surface area contributed by atoms with Gasteiger partial charge < -0.3 is 45.1 Å². The minimum atomic E-state index is -4.72. The molecular formula is C55H68F3N9O8S. The molecule has 2 unspecified atom stereocenters. The summed E-state index contributed by atoms with van der Waals surface area (Å²) in [7, 11) is 0. The van der Waals surface area contributed by atoms with Gasteiger partial charge in [-0.25, -0.2) is 9.97 Å². The second-order valence-electron chi connectivity index (χ2n) is 22.6. The molecule has 1 saturated carbocycles. The van der Waals surface area contributed by atoms with Gasteiger partial charge in [-0.3, -0.25) is 24.1 Å². The van der Waals surface area contributed by atoms with Gasteiger partial charge in [-0.1, -0.05) is 72.7 Å². The molecule has 3 aliphatic heterocycles. The number of nitriles is 1. The van der Waals surface area contributed by atoms with Crippen LogP contribution in [0.5, 0.6) is 5.75 Å². The third-order valence-corrected chi connectivity index (χ3v) is 16.2. The van der Waals surface area contributed by atoms with E-state index in [-0.39, 0.29) is 61.7 Å². The largest absolute Gasteiger partial charge is 0.489 e. The molecule has 408 valence electrons. The van der Waals surface area contributed by atoms with Crippen LogP contribution in [0.3, 0.4) is 0 Å². The summed E-state index contributed by atoms with van der Waals surface area (Å²) >= 11 is 1.56. The normalized spacial score (nSPS) is 22.4. The van der Waals surface area contributed by atoms with Gasteiger partial charge in [0.15, 0.2) is 0 Å². The molecular weight excluding hydrogens is 1000 g/mol. The van der Waals surface area contributed by atoms with Crippen molar-refractivity contribution in [2.75, 3.05) is 70.6 Å². The fourth-order valence-corrected chi connectivity index (χ4v) is 12.1. The Morgan fingerprint density at radius 1 is 0.961 bits per heavy atom. The molecule has 4 atom stereocenters. The molecule has 4 fully saturated rings. The summed E-state index contributed by atoms with van der Waals surface area (Å²) in [5.41, 5.74) is 1.43. The van der Waals surface area contributed by atoms with Gasteiger partial charge >= 0.3 is 6.18 Å². The van der Waals surface area contributed by atoms with E-state index in [1.165, 1.54) is 17.2 Å².